The van der Waals surface area contributed by atoms with Gasteiger partial charge in [-0.3, -0.25) is 4.79 Å². The van der Waals surface area contributed by atoms with Gasteiger partial charge < -0.3 is 13.9 Å². The molecule has 130 valence electrons. The maximum absolute atomic E-state index is 11.5. The van der Waals surface area contributed by atoms with Gasteiger partial charge in [-0.1, -0.05) is 23.2 Å². The molecule has 0 atom stereocenters. The molecule has 0 aliphatic heterocycles. The quantitative estimate of drug-likeness (QED) is 0.633. The number of methoxy groups -OCH3 is 2. The van der Waals surface area contributed by atoms with Crippen molar-refractivity contribution >= 4 is 34.8 Å². The summed E-state index contributed by atoms with van der Waals surface area (Å²) in [6.45, 7) is 1.91. The van der Waals surface area contributed by atoms with Crippen LogP contribution in [-0.4, -0.2) is 29.6 Å². The Morgan fingerprint density at radius 2 is 2.00 bits per heavy atom. The number of pyridine rings is 1. The zero-order valence-corrected chi connectivity index (χ0v) is 15.5. The monoisotopic (exact) mass is 378 g/mol. The van der Waals surface area contributed by atoms with Gasteiger partial charge in [-0.15, -0.1) is 0 Å². The number of hydrogen-bond acceptors (Lipinski definition) is 4. The van der Waals surface area contributed by atoms with Gasteiger partial charge in [0.25, 0.3) is 0 Å². The number of aryl methyl sites for hydroxylation is 1. The first-order valence-electron chi connectivity index (χ1n) is 7.53. The fraction of sp³-hybridized carbons (Fsp3) is 0.222. The number of hydrogen-bond donors (Lipinski definition) is 0. The average molecular weight is 379 g/mol. The molecular formula is C18H16Cl2N2O3. The van der Waals surface area contributed by atoms with Crippen LogP contribution in [0.1, 0.15) is 11.4 Å². The molecule has 3 rings (SSSR count). The van der Waals surface area contributed by atoms with Crippen LogP contribution in [0.4, 0.5) is 0 Å². The first kappa shape index (κ1) is 17.6. The predicted molar refractivity (Wildman–Crippen MR) is 97.7 cm³/mol. The number of halogens is 2. The molecule has 7 heteroatoms. The number of aromatic nitrogens is 2. The molecule has 3 aromatic rings. The van der Waals surface area contributed by atoms with Gasteiger partial charge in [0, 0.05) is 17.5 Å². The lowest BCUT2D eigenvalue weighted by molar-refractivity contribution is -0.139. The van der Waals surface area contributed by atoms with Crippen LogP contribution in [0.25, 0.3) is 16.8 Å². The number of benzene rings is 1. The molecule has 1 aromatic carbocycles. The van der Waals surface area contributed by atoms with E-state index in [1.54, 1.807) is 19.2 Å². The van der Waals surface area contributed by atoms with Gasteiger partial charge in [0.1, 0.15) is 11.4 Å². The summed E-state index contributed by atoms with van der Waals surface area (Å²) in [7, 11) is 2.94. The Balaban J connectivity index is 2.14. The number of carbonyl (C=O) groups is 1. The number of esters is 1. The SMILES string of the molecule is COC(=O)Cc1nc2cc(-c3c(OC)ccc(Cl)c3Cl)ccn2c1C. The van der Waals surface area contributed by atoms with E-state index in [1.807, 2.05) is 29.7 Å². The van der Waals surface area contributed by atoms with E-state index in [9.17, 15) is 4.79 Å². The molecule has 0 saturated heterocycles. The van der Waals surface area contributed by atoms with Gasteiger partial charge in [-0.2, -0.15) is 0 Å². The van der Waals surface area contributed by atoms with E-state index < -0.39 is 0 Å². The number of nitrogens with zero attached hydrogens (tertiary/aromatic N) is 2. The fourth-order valence-corrected chi connectivity index (χ4v) is 3.14. The van der Waals surface area contributed by atoms with Crippen LogP contribution < -0.4 is 4.74 Å². The third-order valence-electron chi connectivity index (χ3n) is 4.07. The molecule has 25 heavy (non-hydrogen) atoms. The van der Waals surface area contributed by atoms with Crippen LogP contribution in [0.3, 0.4) is 0 Å². The van der Waals surface area contributed by atoms with Gasteiger partial charge in [-0.05, 0) is 36.8 Å². The number of fused-ring (bicyclic) bond motifs is 1. The standard InChI is InChI=1S/C18H16Cl2N2O3/c1-10-13(9-16(23)25-3)21-15-8-11(6-7-22(10)15)17-14(24-2)5-4-12(19)18(17)20/h4-8H,9H2,1-3H3. The van der Waals surface area contributed by atoms with E-state index >= 15 is 0 Å². The van der Waals surface area contributed by atoms with Crippen LogP contribution >= 0.6 is 23.2 Å². The fourth-order valence-electron chi connectivity index (χ4n) is 2.72. The first-order chi connectivity index (χ1) is 12.0. The minimum absolute atomic E-state index is 0.126. The Kier molecular flexibility index (Phi) is 4.88. The molecule has 2 aromatic heterocycles. The molecular weight excluding hydrogens is 363 g/mol. The zero-order valence-electron chi connectivity index (χ0n) is 14.0. The van der Waals surface area contributed by atoms with Crippen molar-refractivity contribution in [3.8, 4) is 16.9 Å². The summed E-state index contributed by atoms with van der Waals surface area (Å²) in [4.78, 5) is 16.1. The molecule has 0 unspecified atom stereocenters. The lowest BCUT2D eigenvalue weighted by Gasteiger charge is -2.12. The Morgan fingerprint density at radius 3 is 2.68 bits per heavy atom. The summed E-state index contributed by atoms with van der Waals surface area (Å²) >= 11 is 12.5. The van der Waals surface area contributed by atoms with Crippen molar-refractivity contribution in [3.63, 3.8) is 0 Å². The highest BCUT2D eigenvalue weighted by Gasteiger charge is 2.17. The van der Waals surface area contributed by atoms with Crippen LogP contribution in [0.5, 0.6) is 5.75 Å². The van der Waals surface area contributed by atoms with Crippen LogP contribution in [0, 0.1) is 6.92 Å². The lowest BCUT2D eigenvalue weighted by atomic mass is 10.1. The van der Waals surface area contributed by atoms with Crippen molar-refractivity contribution < 1.29 is 14.3 Å². The molecule has 0 radical (unpaired) electrons. The number of carbonyl (C=O) groups excluding carboxylic acids is 1. The van der Waals surface area contributed by atoms with Crippen molar-refractivity contribution in [2.45, 2.75) is 13.3 Å². The Bertz CT molecular complexity index is 967. The number of imidazole rings is 1. The summed E-state index contributed by atoms with van der Waals surface area (Å²) in [5.41, 5.74) is 3.79. The lowest BCUT2D eigenvalue weighted by Crippen LogP contribution is -2.05. The van der Waals surface area contributed by atoms with Crippen LogP contribution in [-0.2, 0) is 16.0 Å². The van der Waals surface area contributed by atoms with E-state index in [-0.39, 0.29) is 12.4 Å². The van der Waals surface area contributed by atoms with E-state index in [0.29, 0.717) is 32.7 Å². The second-order valence-corrected chi connectivity index (χ2v) is 6.26. The highest BCUT2D eigenvalue weighted by Crippen LogP contribution is 2.40. The van der Waals surface area contributed by atoms with Gasteiger partial charge in [0.05, 0.1) is 36.4 Å². The van der Waals surface area contributed by atoms with Crippen molar-refractivity contribution in [2.24, 2.45) is 0 Å². The van der Waals surface area contributed by atoms with Gasteiger partial charge in [0.2, 0.25) is 0 Å². The van der Waals surface area contributed by atoms with Gasteiger partial charge >= 0.3 is 5.97 Å². The van der Waals surface area contributed by atoms with Crippen molar-refractivity contribution in [1.82, 2.24) is 9.38 Å². The van der Waals surface area contributed by atoms with Crippen LogP contribution in [0.2, 0.25) is 10.0 Å². The number of ether oxygens (including phenoxy) is 2. The van der Waals surface area contributed by atoms with E-state index in [0.717, 1.165) is 11.3 Å². The molecule has 0 fully saturated rings. The molecule has 0 aliphatic rings. The summed E-state index contributed by atoms with van der Waals surface area (Å²) < 4.78 is 12.0. The Labute approximate surface area is 155 Å². The van der Waals surface area contributed by atoms with Crippen molar-refractivity contribution in [1.29, 1.82) is 0 Å². The smallest absolute Gasteiger partial charge is 0.311 e. The Morgan fingerprint density at radius 1 is 1.24 bits per heavy atom. The Hall–Kier alpha value is -2.24. The summed E-state index contributed by atoms with van der Waals surface area (Å²) in [6.07, 6.45) is 2.01. The third kappa shape index (κ3) is 3.17. The van der Waals surface area contributed by atoms with Gasteiger partial charge in [0.15, 0.2) is 0 Å². The summed E-state index contributed by atoms with van der Waals surface area (Å²) in [6, 6.07) is 7.25. The minimum Gasteiger partial charge on any atom is -0.496 e. The summed E-state index contributed by atoms with van der Waals surface area (Å²) in [5, 5.41) is 0.867. The summed E-state index contributed by atoms with van der Waals surface area (Å²) in [5.74, 6) is 0.295. The second-order valence-electron chi connectivity index (χ2n) is 5.48. The third-order valence-corrected chi connectivity index (χ3v) is 4.87. The highest BCUT2D eigenvalue weighted by atomic mass is 35.5. The molecule has 2 heterocycles. The van der Waals surface area contributed by atoms with Crippen LogP contribution in [0.15, 0.2) is 30.5 Å². The first-order valence-corrected chi connectivity index (χ1v) is 8.28. The molecule has 5 nitrogen and oxygen atoms in total. The normalized spacial score (nSPS) is 10.9. The van der Waals surface area contributed by atoms with E-state index in [2.05, 4.69) is 4.98 Å². The molecule has 0 spiro atoms. The molecule has 0 amide bonds. The average Bonchev–Trinajstić information content (AvgIpc) is 2.92. The number of rotatable bonds is 4. The topological polar surface area (TPSA) is 52.8 Å². The van der Waals surface area contributed by atoms with E-state index in [4.69, 9.17) is 32.7 Å². The van der Waals surface area contributed by atoms with Crippen molar-refractivity contribution in [3.05, 3.63) is 51.9 Å². The van der Waals surface area contributed by atoms with Gasteiger partial charge in [-0.25, -0.2) is 4.98 Å². The van der Waals surface area contributed by atoms with E-state index in [1.165, 1.54) is 7.11 Å². The zero-order chi connectivity index (χ0) is 18.1. The largest absolute Gasteiger partial charge is 0.496 e. The molecule has 0 aliphatic carbocycles. The second kappa shape index (κ2) is 6.94. The minimum atomic E-state index is -0.328. The predicted octanol–water partition coefficient (Wildman–Crippen LogP) is 4.34. The molecule has 0 N–H and O–H groups in total. The molecule has 0 saturated carbocycles. The highest BCUT2D eigenvalue weighted by molar-refractivity contribution is 6.44. The maximum Gasteiger partial charge on any atom is 0.311 e. The maximum atomic E-state index is 11.5. The van der Waals surface area contributed by atoms with Crippen molar-refractivity contribution in [2.75, 3.05) is 14.2 Å². The molecule has 0 bridgehead atoms.